The van der Waals surface area contributed by atoms with Gasteiger partial charge in [0.25, 0.3) is 0 Å². The molecular weight excluding hydrogens is 420 g/mol. The fraction of sp³-hybridized carbons (Fsp3) is 0.903. The lowest BCUT2D eigenvalue weighted by Gasteiger charge is -2.58. The Kier molecular flexibility index (Phi) is 8.10. The van der Waals surface area contributed by atoms with Crippen LogP contribution in [0.1, 0.15) is 119 Å². The molecule has 0 amide bonds. The number of rotatable bonds is 8. The fourth-order valence-corrected chi connectivity index (χ4v) is 9.11. The quantitative estimate of drug-likeness (QED) is 0.261. The molecule has 34 heavy (non-hydrogen) atoms. The SMILES string of the molecule is CCCOC(=O)O[C@H]1CC[C@]2(C)C(=CC[C@H]3[C@@H]4CC[C@@H]([C@H](C)CCCC(C)C)[C@]4(C)CC[C@@H]32)C1. The van der Waals surface area contributed by atoms with Crippen LogP contribution in [0.3, 0.4) is 0 Å². The summed E-state index contributed by atoms with van der Waals surface area (Å²) < 4.78 is 10.9. The minimum Gasteiger partial charge on any atom is -0.434 e. The lowest BCUT2D eigenvalue weighted by atomic mass is 9.47. The first-order valence-corrected chi connectivity index (χ1v) is 14.7. The Labute approximate surface area is 209 Å². The van der Waals surface area contributed by atoms with Crippen molar-refractivity contribution in [1.29, 1.82) is 0 Å². The number of carbonyl (C=O) groups excluding carboxylic acids is 1. The summed E-state index contributed by atoms with van der Waals surface area (Å²) in [5, 5.41) is 0. The molecule has 0 saturated heterocycles. The van der Waals surface area contributed by atoms with Gasteiger partial charge >= 0.3 is 6.16 Å². The predicted molar refractivity (Wildman–Crippen MR) is 140 cm³/mol. The van der Waals surface area contributed by atoms with Gasteiger partial charge in [0.05, 0.1) is 6.61 Å². The molecule has 4 aliphatic carbocycles. The minimum absolute atomic E-state index is 0.00311. The van der Waals surface area contributed by atoms with E-state index in [4.69, 9.17) is 9.47 Å². The van der Waals surface area contributed by atoms with Crippen LogP contribution in [0.25, 0.3) is 0 Å². The first-order chi connectivity index (χ1) is 16.2. The topological polar surface area (TPSA) is 35.5 Å². The maximum Gasteiger partial charge on any atom is 0.508 e. The molecule has 0 aliphatic heterocycles. The Bertz CT molecular complexity index is 741. The van der Waals surface area contributed by atoms with Crippen molar-refractivity contribution in [3.05, 3.63) is 11.6 Å². The summed E-state index contributed by atoms with van der Waals surface area (Å²) in [6, 6.07) is 0. The third-order valence-electron chi connectivity index (χ3n) is 10.9. The van der Waals surface area contributed by atoms with E-state index in [1.807, 2.05) is 6.92 Å². The van der Waals surface area contributed by atoms with Crippen molar-refractivity contribution < 1.29 is 14.3 Å². The Hall–Kier alpha value is -0.990. The summed E-state index contributed by atoms with van der Waals surface area (Å²) >= 11 is 0. The Morgan fingerprint density at radius 2 is 1.85 bits per heavy atom. The summed E-state index contributed by atoms with van der Waals surface area (Å²) in [7, 11) is 0. The van der Waals surface area contributed by atoms with Gasteiger partial charge in [-0.2, -0.15) is 0 Å². The van der Waals surface area contributed by atoms with Gasteiger partial charge in [0, 0.05) is 6.42 Å². The van der Waals surface area contributed by atoms with E-state index in [0.29, 0.717) is 17.4 Å². The van der Waals surface area contributed by atoms with Crippen molar-refractivity contribution in [3.63, 3.8) is 0 Å². The third kappa shape index (κ3) is 4.96. The van der Waals surface area contributed by atoms with Crippen LogP contribution in [0.2, 0.25) is 0 Å². The van der Waals surface area contributed by atoms with Crippen LogP contribution in [0, 0.1) is 46.3 Å². The first kappa shape index (κ1) is 26.1. The van der Waals surface area contributed by atoms with Gasteiger partial charge in [-0.25, -0.2) is 4.79 Å². The number of carbonyl (C=O) groups is 1. The summed E-state index contributed by atoms with van der Waals surface area (Å²) in [5.41, 5.74) is 2.43. The molecule has 8 atom stereocenters. The van der Waals surface area contributed by atoms with Gasteiger partial charge in [-0.05, 0) is 97.7 Å². The van der Waals surface area contributed by atoms with Crippen LogP contribution in [0.4, 0.5) is 4.79 Å². The lowest BCUT2D eigenvalue weighted by molar-refractivity contribution is -0.0616. The Balaban J connectivity index is 1.41. The molecule has 0 aromatic heterocycles. The molecule has 4 rings (SSSR count). The number of hydrogen-bond donors (Lipinski definition) is 0. The van der Waals surface area contributed by atoms with Gasteiger partial charge in [0.1, 0.15) is 6.10 Å². The molecule has 194 valence electrons. The molecule has 3 fully saturated rings. The summed E-state index contributed by atoms with van der Waals surface area (Å²) in [6.45, 7) is 15.0. The standard InChI is InChI=1S/C31H52O3/c1-7-19-33-29(32)34-24-15-17-30(5)23(20-24)11-12-25-27-14-13-26(22(4)10-8-9-21(2)3)31(27,6)18-16-28(25)30/h11,21-22,24-28H,7-10,12-20H2,1-6H3/t22-,24+,25+,26+,27+,28+,30-,31+/m1/s1. The van der Waals surface area contributed by atoms with E-state index in [0.717, 1.165) is 61.2 Å². The molecule has 0 radical (unpaired) electrons. The zero-order chi connectivity index (χ0) is 24.5. The highest BCUT2D eigenvalue weighted by molar-refractivity contribution is 5.60. The summed E-state index contributed by atoms with van der Waals surface area (Å²) in [6.07, 6.45) is 17.2. The van der Waals surface area contributed by atoms with Crippen LogP contribution in [0.15, 0.2) is 11.6 Å². The monoisotopic (exact) mass is 472 g/mol. The van der Waals surface area contributed by atoms with Crippen LogP contribution in [0.5, 0.6) is 0 Å². The highest BCUT2D eigenvalue weighted by atomic mass is 16.7. The molecule has 3 heteroatoms. The van der Waals surface area contributed by atoms with Crippen molar-refractivity contribution in [3.8, 4) is 0 Å². The second kappa shape index (κ2) is 10.6. The van der Waals surface area contributed by atoms with Crippen molar-refractivity contribution in [2.75, 3.05) is 6.61 Å². The number of ether oxygens (including phenoxy) is 2. The Morgan fingerprint density at radius 3 is 2.59 bits per heavy atom. The Morgan fingerprint density at radius 1 is 1.06 bits per heavy atom. The van der Waals surface area contributed by atoms with Gasteiger partial charge in [0.2, 0.25) is 0 Å². The van der Waals surface area contributed by atoms with E-state index in [-0.39, 0.29) is 6.10 Å². The molecule has 0 aromatic carbocycles. The minimum atomic E-state index is -0.474. The summed E-state index contributed by atoms with van der Waals surface area (Å²) in [4.78, 5) is 12.0. The highest BCUT2D eigenvalue weighted by Gasteiger charge is 2.59. The van der Waals surface area contributed by atoms with E-state index >= 15 is 0 Å². The molecule has 0 spiro atoms. The van der Waals surface area contributed by atoms with E-state index < -0.39 is 6.16 Å². The average molecular weight is 473 g/mol. The second-order valence-electron chi connectivity index (χ2n) is 13.4. The summed E-state index contributed by atoms with van der Waals surface area (Å²) in [5.74, 6) is 5.19. The largest absolute Gasteiger partial charge is 0.508 e. The van der Waals surface area contributed by atoms with Crippen molar-refractivity contribution >= 4 is 6.16 Å². The fourth-order valence-electron chi connectivity index (χ4n) is 9.11. The van der Waals surface area contributed by atoms with Gasteiger partial charge in [0.15, 0.2) is 0 Å². The molecule has 4 aliphatic rings. The van der Waals surface area contributed by atoms with E-state index in [1.54, 1.807) is 5.57 Å². The number of hydrogen-bond acceptors (Lipinski definition) is 3. The maximum atomic E-state index is 12.0. The van der Waals surface area contributed by atoms with Gasteiger partial charge in [-0.15, -0.1) is 0 Å². The molecule has 0 bridgehead atoms. The van der Waals surface area contributed by atoms with Crippen molar-refractivity contribution in [2.24, 2.45) is 46.3 Å². The smallest absolute Gasteiger partial charge is 0.434 e. The molecular formula is C31H52O3. The third-order valence-corrected chi connectivity index (χ3v) is 10.9. The van der Waals surface area contributed by atoms with Gasteiger partial charge in [-0.1, -0.05) is 72.5 Å². The predicted octanol–water partition coefficient (Wildman–Crippen LogP) is 8.96. The van der Waals surface area contributed by atoms with E-state index in [9.17, 15) is 4.79 Å². The van der Waals surface area contributed by atoms with Crippen LogP contribution in [-0.4, -0.2) is 18.9 Å². The number of fused-ring (bicyclic) bond motifs is 5. The zero-order valence-corrected chi connectivity index (χ0v) is 23.0. The van der Waals surface area contributed by atoms with E-state index in [2.05, 4.69) is 40.7 Å². The second-order valence-corrected chi connectivity index (χ2v) is 13.4. The molecule has 0 N–H and O–H groups in total. The van der Waals surface area contributed by atoms with Gasteiger partial charge < -0.3 is 9.47 Å². The average Bonchev–Trinajstić information content (AvgIpc) is 3.15. The van der Waals surface area contributed by atoms with Crippen LogP contribution < -0.4 is 0 Å². The maximum absolute atomic E-state index is 12.0. The van der Waals surface area contributed by atoms with Gasteiger partial charge in [-0.3, -0.25) is 0 Å². The molecule has 0 heterocycles. The molecule has 0 unspecified atom stereocenters. The van der Waals surface area contributed by atoms with Crippen LogP contribution >= 0.6 is 0 Å². The number of allylic oxidation sites excluding steroid dienone is 1. The lowest BCUT2D eigenvalue weighted by Crippen LogP contribution is -2.51. The van der Waals surface area contributed by atoms with Crippen LogP contribution in [-0.2, 0) is 9.47 Å². The molecule has 0 aromatic rings. The van der Waals surface area contributed by atoms with Crippen molar-refractivity contribution in [1.82, 2.24) is 0 Å². The highest BCUT2D eigenvalue weighted by Crippen LogP contribution is 2.67. The van der Waals surface area contributed by atoms with Crippen molar-refractivity contribution in [2.45, 2.75) is 125 Å². The molecule has 3 saturated carbocycles. The normalized spacial score (nSPS) is 40.1. The molecule has 3 nitrogen and oxygen atoms in total. The first-order valence-electron chi connectivity index (χ1n) is 14.7. The zero-order valence-electron chi connectivity index (χ0n) is 23.0. The van der Waals surface area contributed by atoms with E-state index in [1.165, 1.54) is 51.4 Å².